The average molecular weight is 326 g/mol. The fourth-order valence-electron chi connectivity index (χ4n) is 3.60. The van der Waals surface area contributed by atoms with E-state index in [-0.39, 0.29) is 18.9 Å². The number of rotatable bonds is 0. The molecule has 6 rings (SSSR count). The molecule has 116 valence electrons. The zero-order valence-corrected chi connectivity index (χ0v) is 14.1. The maximum Gasteiger partial charge on any atom is 1.00 e. The van der Waals surface area contributed by atoms with Crippen molar-refractivity contribution in [1.82, 2.24) is 19.4 Å². The second-order valence-electron chi connectivity index (χ2n) is 6.11. The smallest absolute Gasteiger partial charge is 0.316 e. The largest absolute Gasteiger partial charge is 1.00 e. The Kier molecular flexibility index (Phi) is 3.26. The minimum absolute atomic E-state index is 0. The molecule has 0 saturated heterocycles. The van der Waals surface area contributed by atoms with Crippen LogP contribution in [0.2, 0.25) is 0 Å². The summed E-state index contributed by atoms with van der Waals surface area (Å²) in [5, 5.41) is 3.30. The predicted molar refractivity (Wildman–Crippen MR) is 99.6 cm³/mol. The van der Waals surface area contributed by atoms with E-state index in [9.17, 15) is 0 Å². The molecule has 5 heteroatoms. The third-order valence-electron chi connectivity index (χ3n) is 4.68. The Balaban J connectivity index is 0.00000150. The number of aromatic nitrogens is 4. The number of pyridine rings is 1. The number of hydrogen-bond acceptors (Lipinski definition) is 3. The van der Waals surface area contributed by atoms with Gasteiger partial charge >= 0.3 is 18.9 Å². The molecule has 26 heavy (non-hydrogen) atoms. The topological polar surface area (TPSA) is 43.1 Å². The molecular weight excluding hydrogens is 315 g/mol. The molecule has 0 atom stereocenters. The summed E-state index contributed by atoms with van der Waals surface area (Å²) in [5.41, 5.74) is 5.10. The minimum atomic E-state index is 0. The van der Waals surface area contributed by atoms with Crippen LogP contribution < -0.4 is 18.9 Å². The van der Waals surface area contributed by atoms with Crippen LogP contribution in [0, 0.1) is 6.07 Å². The number of hydrogen-bond donors (Lipinski definition) is 0. The molecule has 0 amide bonds. The number of nitrogens with zero attached hydrogens (tertiary/aromatic N) is 4. The van der Waals surface area contributed by atoms with Gasteiger partial charge in [0.05, 0.1) is 16.7 Å². The van der Waals surface area contributed by atoms with Gasteiger partial charge in [-0.2, -0.15) is 0 Å². The van der Waals surface area contributed by atoms with Gasteiger partial charge in [0.15, 0.2) is 11.3 Å². The molecule has 0 N–H and O–H groups in total. The van der Waals surface area contributed by atoms with Gasteiger partial charge in [-0.25, -0.2) is 9.97 Å². The fourth-order valence-corrected chi connectivity index (χ4v) is 3.60. The molecule has 0 fully saturated rings. The molecule has 0 aliphatic carbocycles. The van der Waals surface area contributed by atoms with Gasteiger partial charge in [-0.3, -0.25) is 4.98 Å². The van der Waals surface area contributed by atoms with Crippen LogP contribution in [0.3, 0.4) is 0 Å². The first-order valence-electron chi connectivity index (χ1n) is 8.16. The van der Waals surface area contributed by atoms with Crippen LogP contribution >= 0.6 is 0 Å². The van der Waals surface area contributed by atoms with E-state index in [0.29, 0.717) is 5.65 Å². The fraction of sp³-hybridized carbons (Fsp3) is 0. The maximum absolute atomic E-state index is 4.85. The third-order valence-corrected chi connectivity index (χ3v) is 4.68. The molecule has 0 spiro atoms. The first-order valence-corrected chi connectivity index (χ1v) is 8.16. The standard InChI is InChI=1S/C21H11N4.Li/c1-2-9-15-13(7-1)14-8-3-6-12-18(14)25-20(15)24-19-21(25)23-17-11-5-4-10-16(17)22-19;/h1-8,10-12H;/q-1;+1. The molecule has 0 bridgehead atoms. The second kappa shape index (κ2) is 5.53. The van der Waals surface area contributed by atoms with Gasteiger partial charge in [0.1, 0.15) is 0 Å². The molecule has 0 aliphatic heterocycles. The number of para-hydroxylation sites is 3. The molecule has 0 unspecified atom stereocenters. The normalized spacial score (nSPS) is 11.5. The summed E-state index contributed by atoms with van der Waals surface area (Å²) in [6.07, 6.45) is 0. The van der Waals surface area contributed by atoms with Crippen molar-refractivity contribution >= 4 is 49.7 Å². The Morgan fingerprint density at radius 2 is 1.42 bits per heavy atom. The Morgan fingerprint density at radius 1 is 0.692 bits per heavy atom. The molecular formula is C21H11LiN4. The van der Waals surface area contributed by atoms with E-state index in [1.54, 1.807) is 0 Å². The second-order valence-corrected chi connectivity index (χ2v) is 6.11. The van der Waals surface area contributed by atoms with Crippen LogP contribution in [0.15, 0.2) is 66.7 Å². The van der Waals surface area contributed by atoms with Crippen molar-refractivity contribution in [3.63, 3.8) is 0 Å². The van der Waals surface area contributed by atoms with Crippen molar-refractivity contribution in [3.05, 3.63) is 72.8 Å². The van der Waals surface area contributed by atoms with Crippen molar-refractivity contribution in [2.24, 2.45) is 0 Å². The first kappa shape index (κ1) is 15.3. The van der Waals surface area contributed by atoms with Gasteiger partial charge in [-0.15, -0.1) is 29.7 Å². The maximum atomic E-state index is 4.85. The summed E-state index contributed by atoms with van der Waals surface area (Å²) >= 11 is 0. The molecule has 0 radical (unpaired) electrons. The summed E-state index contributed by atoms with van der Waals surface area (Å²) in [5.74, 6) is 0. The Bertz CT molecular complexity index is 1450. The summed E-state index contributed by atoms with van der Waals surface area (Å²) < 4.78 is 2.10. The van der Waals surface area contributed by atoms with E-state index in [2.05, 4.69) is 34.7 Å². The van der Waals surface area contributed by atoms with Gasteiger partial charge < -0.3 is 4.40 Å². The summed E-state index contributed by atoms with van der Waals surface area (Å²) in [7, 11) is 0. The zero-order valence-electron chi connectivity index (χ0n) is 14.1. The monoisotopic (exact) mass is 326 g/mol. The van der Waals surface area contributed by atoms with Crippen LogP contribution in [-0.4, -0.2) is 19.4 Å². The van der Waals surface area contributed by atoms with Crippen LogP contribution in [0.1, 0.15) is 0 Å². The number of imidazole rings is 1. The third kappa shape index (κ3) is 1.94. The van der Waals surface area contributed by atoms with Gasteiger partial charge in [0, 0.05) is 5.52 Å². The molecule has 3 aromatic carbocycles. The summed E-state index contributed by atoms with van der Waals surface area (Å²) in [6.45, 7) is 0. The van der Waals surface area contributed by atoms with Crippen LogP contribution in [0.25, 0.3) is 49.7 Å². The Hall–Kier alpha value is -2.93. The van der Waals surface area contributed by atoms with E-state index >= 15 is 0 Å². The van der Waals surface area contributed by atoms with E-state index < -0.39 is 0 Å². The first-order chi connectivity index (χ1) is 12.4. The Labute approximate surface area is 160 Å². The molecule has 3 heterocycles. The summed E-state index contributed by atoms with van der Waals surface area (Å²) in [6, 6.07) is 25.6. The van der Waals surface area contributed by atoms with Gasteiger partial charge in [-0.1, -0.05) is 35.7 Å². The van der Waals surface area contributed by atoms with Crippen LogP contribution in [0.5, 0.6) is 0 Å². The minimum Gasteiger partial charge on any atom is -0.316 e. The molecule has 3 aromatic heterocycles. The van der Waals surface area contributed by atoms with E-state index in [1.165, 1.54) is 0 Å². The van der Waals surface area contributed by atoms with Gasteiger partial charge in [0.2, 0.25) is 0 Å². The van der Waals surface area contributed by atoms with Gasteiger partial charge in [0.25, 0.3) is 0 Å². The quantitative estimate of drug-likeness (QED) is 0.242. The van der Waals surface area contributed by atoms with Crippen molar-refractivity contribution in [2.45, 2.75) is 0 Å². The van der Waals surface area contributed by atoms with Crippen molar-refractivity contribution in [2.75, 3.05) is 0 Å². The van der Waals surface area contributed by atoms with E-state index in [1.807, 2.05) is 42.5 Å². The SMILES string of the molecule is [Li+].[c-]1cccc2c1c1nc3nc4ccccc4nc3n1c1ccccc21. The Morgan fingerprint density at radius 3 is 2.31 bits per heavy atom. The van der Waals surface area contributed by atoms with Crippen LogP contribution in [-0.2, 0) is 0 Å². The number of fused-ring (bicyclic) bond motifs is 9. The molecule has 0 saturated carbocycles. The van der Waals surface area contributed by atoms with Crippen LogP contribution in [0.4, 0.5) is 0 Å². The molecule has 6 aromatic rings. The molecule has 0 aliphatic rings. The zero-order chi connectivity index (χ0) is 16.4. The average Bonchev–Trinajstić information content (AvgIpc) is 3.05. The predicted octanol–water partition coefficient (Wildman–Crippen LogP) is 1.54. The number of benzene rings is 3. The van der Waals surface area contributed by atoms with Crippen molar-refractivity contribution < 1.29 is 18.9 Å². The summed E-state index contributed by atoms with van der Waals surface area (Å²) in [4.78, 5) is 14.4. The van der Waals surface area contributed by atoms with E-state index in [4.69, 9.17) is 15.0 Å². The van der Waals surface area contributed by atoms with Crippen molar-refractivity contribution in [3.8, 4) is 0 Å². The van der Waals surface area contributed by atoms with E-state index in [0.717, 1.165) is 44.0 Å². The molecule has 4 nitrogen and oxygen atoms in total. The van der Waals surface area contributed by atoms with Crippen molar-refractivity contribution in [1.29, 1.82) is 0 Å². The van der Waals surface area contributed by atoms with Gasteiger partial charge in [-0.05, 0) is 23.6 Å².